The third kappa shape index (κ3) is 5.70. The topological polar surface area (TPSA) is 63.4 Å². The predicted octanol–water partition coefficient (Wildman–Crippen LogP) is 2.32. The Morgan fingerprint density at radius 1 is 1.38 bits per heavy atom. The summed E-state index contributed by atoms with van der Waals surface area (Å²) in [5.74, 6) is 0.651. The number of benzene rings is 1. The Kier molecular flexibility index (Phi) is 7.87. The molecule has 0 radical (unpaired) electrons. The van der Waals surface area contributed by atoms with Gasteiger partial charge in [0.2, 0.25) is 5.91 Å². The van der Waals surface area contributed by atoms with Crippen LogP contribution in [0.4, 0.5) is 0 Å². The molecule has 0 saturated carbocycles. The van der Waals surface area contributed by atoms with Crippen molar-refractivity contribution in [1.29, 1.82) is 0 Å². The molecular formula is C14H20BrClN2O2S. The van der Waals surface area contributed by atoms with Crippen LogP contribution in [-0.2, 0) is 15.6 Å². The number of hydrogen-bond donors (Lipinski definition) is 1. The minimum absolute atomic E-state index is 0. The van der Waals surface area contributed by atoms with Gasteiger partial charge in [-0.2, -0.15) is 0 Å². The van der Waals surface area contributed by atoms with Crippen molar-refractivity contribution in [2.24, 2.45) is 5.73 Å². The second kappa shape index (κ2) is 8.88. The second-order valence-electron chi connectivity index (χ2n) is 5.00. The van der Waals surface area contributed by atoms with E-state index in [-0.39, 0.29) is 24.4 Å². The molecule has 2 atom stereocenters. The summed E-state index contributed by atoms with van der Waals surface area (Å²) < 4.78 is 13.0. The summed E-state index contributed by atoms with van der Waals surface area (Å²) in [6, 6.07) is 7.58. The van der Waals surface area contributed by atoms with Crippen LogP contribution in [0.3, 0.4) is 0 Å². The van der Waals surface area contributed by atoms with E-state index in [4.69, 9.17) is 5.73 Å². The Labute approximate surface area is 142 Å². The summed E-state index contributed by atoms with van der Waals surface area (Å²) in [4.78, 5) is 14.5. The van der Waals surface area contributed by atoms with Crippen LogP contribution < -0.4 is 5.73 Å². The number of halogens is 2. The van der Waals surface area contributed by atoms with Crippen LogP contribution in [0.2, 0.25) is 0 Å². The fraction of sp³-hybridized carbons (Fsp3) is 0.500. The lowest BCUT2D eigenvalue weighted by Crippen LogP contribution is -2.31. The highest BCUT2D eigenvalue weighted by Gasteiger charge is 2.23. The smallest absolute Gasteiger partial charge is 0.222 e. The highest BCUT2D eigenvalue weighted by atomic mass is 79.9. The molecule has 0 aromatic heterocycles. The number of nitrogens with zero attached hydrogens (tertiary/aromatic N) is 1. The zero-order valence-corrected chi connectivity index (χ0v) is 14.9. The van der Waals surface area contributed by atoms with E-state index in [1.165, 1.54) is 0 Å². The van der Waals surface area contributed by atoms with Gasteiger partial charge in [0.1, 0.15) is 0 Å². The van der Waals surface area contributed by atoms with E-state index < -0.39 is 10.8 Å². The Morgan fingerprint density at radius 2 is 2.05 bits per heavy atom. The molecule has 1 aromatic rings. The summed E-state index contributed by atoms with van der Waals surface area (Å²) >= 11 is 3.35. The van der Waals surface area contributed by atoms with Gasteiger partial charge in [0, 0.05) is 40.7 Å². The van der Waals surface area contributed by atoms with E-state index in [0.717, 1.165) is 22.3 Å². The Bertz CT molecular complexity index is 498. The van der Waals surface area contributed by atoms with Crippen LogP contribution in [0.15, 0.2) is 33.6 Å². The largest absolute Gasteiger partial charge is 0.341 e. The van der Waals surface area contributed by atoms with Gasteiger partial charge in [-0.25, -0.2) is 0 Å². The third-order valence-corrected chi connectivity index (χ3v) is 5.36. The van der Waals surface area contributed by atoms with Gasteiger partial charge in [-0.3, -0.25) is 9.00 Å². The van der Waals surface area contributed by atoms with Crippen LogP contribution in [0.5, 0.6) is 0 Å². The van der Waals surface area contributed by atoms with Gasteiger partial charge in [-0.05, 0) is 37.1 Å². The molecule has 2 N–H and O–H groups in total. The quantitative estimate of drug-likeness (QED) is 0.832. The van der Waals surface area contributed by atoms with E-state index in [2.05, 4.69) is 15.9 Å². The molecule has 21 heavy (non-hydrogen) atoms. The molecule has 1 fully saturated rings. The fourth-order valence-electron chi connectivity index (χ4n) is 2.23. The zero-order chi connectivity index (χ0) is 14.5. The van der Waals surface area contributed by atoms with E-state index in [1.54, 1.807) is 0 Å². The molecule has 1 aliphatic rings. The maximum Gasteiger partial charge on any atom is 0.222 e. The number of nitrogens with two attached hydrogens (primary N) is 1. The average Bonchev–Trinajstić information content (AvgIpc) is 2.86. The van der Waals surface area contributed by atoms with Crippen molar-refractivity contribution in [3.63, 3.8) is 0 Å². The third-order valence-electron chi connectivity index (χ3n) is 3.37. The predicted molar refractivity (Wildman–Crippen MR) is 91.1 cm³/mol. The van der Waals surface area contributed by atoms with E-state index in [0.29, 0.717) is 25.1 Å². The first-order valence-corrected chi connectivity index (χ1v) is 8.85. The van der Waals surface area contributed by atoms with Gasteiger partial charge >= 0.3 is 0 Å². The lowest BCUT2D eigenvalue weighted by Gasteiger charge is -2.15. The maximum absolute atomic E-state index is 12.1. The Balaban J connectivity index is 0.00000220. The molecule has 1 amide bonds. The standard InChI is InChI=1S/C14H19BrN2O2S.ClH/c15-11-3-5-13(6-4-11)20(19)9-1-2-14(18)17-8-7-12(16)10-17;/h3-6,12H,1-2,7-10,16H2;1H/t12-,20?;/m1./s1. The van der Waals surface area contributed by atoms with Gasteiger partial charge < -0.3 is 10.6 Å². The molecule has 0 bridgehead atoms. The summed E-state index contributed by atoms with van der Waals surface area (Å²) in [5, 5.41) is 0. The second-order valence-corrected chi connectivity index (χ2v) is 7.48. The van der Waals surface area contributed by atoms with Crippen molar-refractivity contribution < 1.29 is 9.00 Å². The molecule has 1 heterocycles. The first-order chi connectivity index (χ1) is 9.56. The molecule has 118 valence electrons. The maximum atomic E-state index is 12.1. The van der Waals surface area contributed by atoms with Crippen molar-refractivity contribution in [3.05, 3.63) is 28.7 Å². The fourth-order valence-corrected chi connectivity index (χ4v) is 3.58. The SMILES string of the molecule is Cl.N[C@@H]1CCN(C(=O)CCCS(=O)c2ccc(Br)cc2)C1. The number of likely N-dealkylation sites (tertiary alicyclic amines) is 1. The van der Waals surface area contributed by atoms with E-state index in [9.17, 15) is 9.00 Å². The minimum Gasteiger partial charge on any atom is -0.341 e. The van der Waals surface area contributed by atoms with Crippen LogP contribution in [0, 0.1) is 0 Å². The summed E-state index contributed by atoms with van der Waals surface area (Å²) in [6.45, 7) is 1.42. The van der Waals surface area contributed by atoms with E-state index in [1.807, 2.05) is 29.2 Å². The molecule has 7 heteroatoms. The number of hydrogen-bond acceptors (Lipinski definition) is 3. The Hall–Kier alpha value is -0.430. The number of carbonyl (C=O) groups is 1. The molecule has 1 aliphatic heterocycles. The highest BCUT2D eigenvalue weighted by Crippen LogP contribution is 2.15. The number of amides is 1. The molecule has 1 saturated heterocycles. The van der Waals surface area contributed by atoms with Crippen molar-refractivity contribution in [3.8, 4) is 0 Å². The zero-order valence-electron chi connectivity index (χ0n) is 11.7. The molecule has 0 aliphatic carbocycles. The summed E-state index contributed by atoms with van der Waals surface area (Å²) in [7, 11) is -1.03. The molecule has 0 spiro atoms. The van der Waals surface area contributed by atoms with Crippen LogP contribution in [-0.4, -0.2) is 39.9 Å². The molecule has 1 unspecified atom stereocenters. The van der Waals surface area contributed by atoms with Crippen molar-refractivity contribution in [2.75, 3.05) is 18.8 Å². The highest BCUT2D eigenvalue weighted by molar-refractivity contribution is 9.10. The molecule has 1 aromatic carbocycles. The molecule has 4 nitrogen and oxygen atoms in total. The number of carbonyl (C=O) groups excluding carboxylic acids is 1. The van der Waals surface area contributed by atoms with E-state index >= 15 is 0 Å². The first-order valence-electron chi connectivity index (χ1n) is 6.73. The first kappa shape index (κ1) is 18.6. The van der Waals surface area contributed by atoms with Gasteiger partial charge in [-0.1, -0.05) is 15.9 Å². The summed E-state index contributed by atoms with van der Waals surface area (Å²) in [6.07, 6.45) is 1.98. The molecular weight excluding hydrogens is 376 g/mol. The van der Waals surface area contributed by atoms with Gasteiger partial charge in [0.05, 0.1) is 10.8 Å². The van der Waals surface area contributed by atoms with Crippen molar-refractivity contribution in [2.45, 2.75) is 30.2 Å². The van der Waals surface area contributed by atoms with Crippen LogP contribution in [0.25, 0.3) is 0 Å². The van der Waals surface area contributed by atoms with Crippen molar-refractivity contribution >= 4 is 45.0 Å². The minimum atomic E-state index is -1.03. The Morgan fingerprint density at radius 3 is 2.62 bits per heavy atom. The number of rotatable bonds is 5. The van der Waals surface area contributed by atoms with Crippen LogP contribution >= 0.6 is 28.3 Å². The lowest BCUT2D eigenvalue weighted by atomic mass is 10.3. The monoisotopic (exact) mass is 394 g/mol. The average molecular weight is 396 g/mol. The molecule has 2 rings (SSSR count). The normalized spacial score (nSPS) is 19.1. The van der Waals surface area contributed by atoms with Gasteiger partial charge in [0.25, 0.3) is 0 Å². The van der Waals surface area contributed by atoms with Gasteiger partial charge in [-0.15, -0.1) is 12.4 Å². The van der Waals surface area contributed by atoms with Crippen molar-refractivity contribution in [1.82, 2.24) is 4.90 Å². The van der Waals surface area contributed by atoms with Crippen LogP contribution in [0.1, 0.15) is 19.3 Å². The summed E-state index contributed by atoms with van der Waals surface area (Å²) in [5.41, 5.74) is 5.78. The van der Waals surface area contributed by atoms with Gasteiger partial charge in [0.15, 0.2) is 0 Å². The lowest BCUT2D eigenvalue weighted by molar-refractivity contribution is -0.130.